The summed E-state index contributed by atoms with van der Waals surface area (Å²) < 4.78 is 7.28. The quantitative estimate of drug-likeness (QED) is 0.864. The molecule has 0 saturated carbocycles. The Morgan fingerprint density at radius 2 is 2.14 bits per heavy atom. The van der Waals surface area contributed by atoms with Crippen molar-refractivity contribution in [3.8, 4) is 0 Å². The van der Waals surface area contributed by atoms with Crippen LogP contribution < -0.4 is 5.32 Å². The zero-order valence-electron chi connectivity index (χ0n) is 12.7. The van der Waals surface area contributed by atoms with E-state index in [9.17, 15) is 9.59 Å². The number of amides is 1. The van der Waals surface area contributed by atoms with E-state index in [1.54, 1.807) is 7.05 Å². The van der Waals surface area contributed by atoms with E-state index in [-0.39, 0.29) is 18.0 Å². The van der Waals surface area contributed by atoms with Crippen molar-refractivity contribution in [2.24, 2.45) is 0 Å². The van der Waals surface area contributed by atoms with Crippen molar-refractivity contribution in [2.45, 2.75) is 39.7 Å². The van der Waals surface area contributed by atoms with E-state index < -0.39 is 0 Å². The zero-order valence-corrected chi connectivity index (χ0v) is 13.5. The van der Waals surface area contributed by atoms with Gasteiger partial charge in [-0.15, -0.1) is 11.3 Å². The summed E-state index contributed by atoms with van der Waals surface area (Å²) >= 11 is 1.51. The number of carbonyl (C=O) groups is 2. The monoisotopic (exact) mass is 308 g/mol. The Bertz CT molecular complexity index is 670. The van der Waals surface area contributed by atoms with Crippen LogP contribution in [0.15, 0.2) is 11.6 Å². The van der Waals surface area contributed by atoms with Gasteiger partial charge in [-0.05, 0) is 32.8 Å². The first-order valence-electron chi connectivity index (χ1n) is 6.93. The molecule has 21 heavy (non-hydrogen) atoms. The highest BCUT2D eigenvalue weighted by molar-refractivity contribution is 7.16. The fourth-order valence-electron chi connectivity index (χ4n) is 2.18. The van der Waals surface area contributed by atoms with Gasteiger partial charge in [-0.25, -0.2) is 4.79 Å². The predicted octanol–water partition coefficient (Wildman–Crippen LogP) is 2.55. The van der Waals surface area contributed by atoms with Gasteiger partial charge in [0.2, 0.25) is 5.91 Å². The van der Waals surface area contributed by atoms with Crippen LogP contribution in [0.1, 0.15) is 41.9 Å². The number of aryl methyl sites for hydroxylation is 2. The van der Waals surface area contributed by atoms with Gasteiger partial charge in [0.15, 0.2) is 0 Å². The minimum atomic E-state index is -0.287. The third kappa shape index (κ3) is 3.26. The van der Waals surface area contributed by atoms with Crippen molar-refractivity contribution in [2.75, 3.05) is 7.05 Å². The van der Waals surface area contributed by atoms with Gasteiger partial charge in [-0.3, -0.25) is 4.79 Å². The van der Waals surface area contributed by atoms with Crippen LogP contribution in [-0.2, 0) is 16.0 Å². The van der Waals surface area contributed by atoms with Crippen LogP contribution in [0.4, 0.5) is 0 Å². The molecule has 114 valence electrons. The molecule has 0 fully saturated rings. The maximum absolute atomic E-state index is 12.2. The predicted molar refractivity (Wildman–Crippen MR) is 83.0 cm³/mol. The van der Waals surface area contributed by atoms with Crippen molar-refractivity contribution in [3.63, 3.8) is 0 Å². The number of ether oxygens (including phenoxy) is 1. The average Bonchev–Trinajstić information content (AvgIpc) is 2.92. The Kier molecular flexibility index (Phi) is 4.67. The van der Waals surface area contributed by atoms with Crippen molar-refractivity contribution in [1.29, 1.82) is 0 Å². The van der Waals surface area contributed by atoms with Crippen molar-refractivity contribution < 1.29 is 14.3 Å². The summed E-state index contributed by atoms with van der Waals surface area (Å²) in [6.45, 7) is 5.58. The van der Waals surface area contributed by atoms with E-state index in [2.05, 4.69) is 5.32 Å². The first-order chi connectivity index (χ1) is 9.93. The van der Waals surface area contributed by atoms with E-state index in [1.807, 2.05) is 36.7 Å². The van der Waals surface area contributed by atoms with Gasteiger partial charge in [0, 0.05) is 30.7 Å². The SMILES string of the molecule is CNC(=O)CCc1csc2c(C(=O)OC(C)C)c(C)cn12. The summed E-state index contributed by atoms with van der Waals surface area (Å²) in [5.74, 6) is -0.276. The molecule has 0 aliphatic carbocycles. The number of rotatable bonds is 5. The van der Waals surface area contributed by atoms with Crippen LogP contribution in [0.5, 0.6) is 0 Å². The van der Waals surface area contributed by atoms with Gasteiger partial charge in [0.05, 0.1) is 11.7 Å². The number of nitrogens with zero attached hydrogens (tertiary/aromatic N) is 1. The third-order valence-electron chi connectivity index (χ3n) is 3.20. The fraction of sp³-hybridized carbons (Fsp3) is 0.467. The molecule has 0 radical (unpaired) electrons. The normalized spacial score (nSPS) is 11.1. The second-order valence-electron chi connectivity index (χ2n) is 5.22. The number of esters is 1. The molecule has 1 amide bonds. The lowest BCUT2D eigenvalue weighted by atomic mass is 10.2. The molecule has 2 rings (SSSR count). The van der Waals surface area contributed by atoms with Crippen molar-refractivity contribution in [3.05, 3.63) is 28.4 Å². The Morgan fingerprint density at radius 1 is 1.43 bits per heavy atom. The zero-order chi connectivity index (χ0) is 15.6. The summed E-state index contributed by atoms with van der Waals surface area (Å²) in [5.41, 5.74) is 2.55. The number of nitrogens with one attached hydrogen (secondary N) is 1. The minimum Gasteiger partial charge on any atom is -0.459 e. The Balaban J connectivity index is 2.29. The average molecular weight is 308 g/mol. The molecule has 0 aliphatic rings. The van der Waals surface area contributed by atoms with E-state index in [4.69, 9.17) is 4.74 Å². The maximum Gasteiger partial charge on any atom is 0.341 e. The van der Waals surface area contributed by atoms with E-state index in [0.29, 0.717) is 18.4 Å². The van der Waals surface area contributed by atoms with E-state index >= 15 is 0 Å². The molecule has 0 atom stereocenters. The third-order valence-corrected chi connectivity index (χ3v) is 4.21. The minimum absolute atomic E-state index is 0.0117. The summed E-state index contributed by atoms with van der Waals surface area (Å²) in [6.07, 6.45) is 2.87. The lowest BCUT2D eigenvalue weighted by Gasteiger charge is -2.07. The molecule has 0 saturated heterocycles. The number of hydrogen-bond acceptors (Lipinski definition) is 4. The summed E-state index contributed by atoms with van der Waals surface area (Å²) in [4.78, 5) is 24.4. The molecule has 2 heterocycles. The van der Waals surface area contributed by atoms with E-state index in [1.165, 1.54) is 11.3 Å². The summed E-state index contributed by atoms with van der Waals surface area (Å²) in [7, 11) is 1.63. The molecule has 6 heteroatoms. The van der Waals surface area contributed by atoms with Gasteiger partial charge in [0.1, 0.15) is 4.83 Å². The number of carbonyl (C=O) groups excluding carboxylic acids is 2. The van der Waals surface area contributed by atoms with Gasteiger partial charge in [0.25, 0.3) is 0 Å². The van der Waals surface area contributed by atoms with E-state index in [0.717, 1.165) is 16.1 Å². The Labute approximate surface area is 127 Å². The van der Waals surface area contributed by atoms with Crippen molar-refractivity contribution in [1.82, 2.24) is 9.72 Å². The van der Waals surface area contributed by atoms with Crippen LogP contribution in [0, 0.1) is 6.92 Å². The molecule has 0 bridgehead atoms. The highest BCUT2D eigenvalue weighted by Crippen LogP contribution is 2.27. The molecule has 5 nitrogen and oxygen atoms in total. The second kappa shape index (κ2) is 6.30. The smallest absolute Gasteiger partial charge is 0.341 e. The Morgan fingerprint density at radius 3 is 2.76 bits per heavy atom. The molecule has 1 N–H and O–H groups in total. The molecule has 0 aliphatic heterocycles. The summed E-state index contributed by atoms with van der Waals surface area (Å²) in [5, 5.41) is 4.60. The van der Waals surface area contributed by atoms with Gasteiger partial charge in [-0.1, -0.05) is 0 Å². The highest BCUT2D eigenvalue weighted by Gasteiger charge is 2.20. The second-order valence-corrected chi connectivity index (χ2v) is 6.07. The van der Waals surface area contributed by atoms with Crippen LogP contribution in [0.25, 0.3) is 4.83 Å². The topological polar surface area (TPSA) is 59.8 Å². The number of fused-ring (bicyclic) bond motifs is 1. The first kappa shape index (κ1) is 15.6. The molecule has 2 aromatic rings. The molecule has 2 aromatic heterocycles. The largest absolute Gasteiger partial charge is 0.459 e. The standard InChI is InChI=1S/C15H20N2O3S/c1-9(2)20-15(19)13-10(3)7-17-11(8-21-14(13)17)5-6-12(18)16-4/h7-9H,5-6H2,1-4H3,(H,16,18). The highest BCUT2D eigenvalue weighted by atomic mass is 32.1. The Hall–Kier alpha value is -1.82. The van der Waals surface area contributed by atoms with Gasteiger partial charge in [-0.2, -0.15) is 0 Å². The molecular weight excluding hydrogens is 288 g/mol. The molecule has 0 unspecified atom stereocenters. The number of thiazole rings is 1. The fourth-order valence-corrected chi connectivity index (χ4v) is 3.31. The lowest BCUT2D eigenvalue weighted by molar-refractivity contribution is -0.120. The van der Waals surface area contributed by atoms with Gasteiger partial charge >= 0.3 is 5.97 Å². The number of hydrogen-bond donors (Lipinski definition) is 1. The van der Waals surface area contributed by atoms with Crippen molar-refractivity contribution >= 4 is 28.0 Å². The van der Waals surface area contributed by atoms with Crippen LogP contribution in [0.3, 0.4) is 0 Å². The molecule has 0 aromatic carbocycles. The molecule has 0 spiro atoms. The van der Waals surface area contributed by atoms with Crippen LogP contribution >= 0.6 is 11.3 Å². The first-order valence-corrected chi connectivity index (χ1v) is 7.81. The summed E-state index contributed by atoms with van der Waals surface area (Å²) in [6, 6.07) is 0. The van der Waals surface area contributed by atoms with Crippen LogP contribution in [0.2, 0.25) is 0 Å². The lowest BCUT2D eigenvalue weighted by Crippen LogP contribution is -2.18. The van der Waals surface area contributed by atoms with Crippen LogP contribution in [-0.4, -0.2) is 29.4 Å². The van der Waals surface area contributed by atoms with Gasteiger partial charge < -0.3 is 14.5 Å². The maximum atomic E-state index is 12.2. The number of aromatic nitrogens is 1. The molecular formula is C15H20N2O3S.